The lowest BCUT2D eigenvalue weighted by Gasteiger charge is -2.35. The highest BCUT2D eigenvalue weighted by atomic mass is 16.3. The van der Waals surface area contributed by atoms with Crippen molar-refractivity contribution in [1.82, 2.24) is 0 Å². The van der Waals surface area contributed by atoms with Gasteiger partial charge in [0.2, 0.25) is 0 Å². The first-order valence-corrected chi connectivity index (χ1v) is 6.52. The van der Waals surface area contributed by atoms with E-state index in [9.17, 15) is 5.11 Å². The smallest absolute Gasteiger partial charge is 0.0502 e. The molecule has 0 aliphatic heterocycles. The normalized spacial score (nSPS) is 36.9. The van der Waals surface area contributed by atoms with Crippen LogP contribution >= 0.6 is 0 Å². The highest BCUT2D eigenvalue weighted by molar-refractivity contribution is 5.40. The van der Waals surface area contributed by atoms with E-state index in [-0.39, 0.29) is 0 Å². The van der Waals surface area contributed by atoms with Crippen molar-refractivity contribution < 1.29 is 5.11 Å². The molecule has 1 aromatic carbocycles. The van der Waals surface area contributed by atoms with Gasteiger partial charge in [-0.25, -0.2) is 0 Å². The standard InChI is InChI=1S/C15H20O/c1-10-5-4-8-13-11-6-2-3-7-12(11)14(9-16)15(10)13/h2-3,6-7,10,13-16H,4-5,8-9H2,1H3. The number of fused-ring (bicyclic) bond motifs is 3. The van der Waals surface area contributed by atoms with Crippen LogP contribution < -0.4 is 0 Å². The third kappa shape index (κ3) is 1.34. The molecule has 1 saturated carbocycles. The van der Waals surface area contributed by atoms with Crippen LogP contribution in [0.25, 0.3) is 0 Å². The fraction of sp³-hybridized carbons (Fsp3) is 0.600. The van der Waals surface area contributed by atoms with E-state index in [2.05, 4.69) is 31.2 Å². The van der Waals surface area contributed by atoms with Crippen LogP contribution in [0.2, 0.25) is 0 Å². The molecular formula is C15H20O. The van der Waals surface area contributed by atoms with E-state index in [4.69, 9.17) is 0 Å². The molecule has 2 aliphatic rings. The summed E-state index contributed by atoms with van der Waals surface area (Å²) in [5, 5.41) is 9.67. The van der Waals surface area contributed by atoms with E-state index in [0.29, 0.717) is 18.4 Å². The second-order valence-corrected chi connectivity index (χ2v) is 5.51. The van der Waals surface area contributed by atoms with Crippen LogP contribution in [0.5, 0.6) is 0 Å². The lowest BCUT2D eigenvalue weighted by atomic mass is 9.70. The van der Waals surface area contributed by atoms with Crippen LogP contribution in [0.15, 0.2) is 24.3 Å². The summed E-state index contributed by atoms with van der Waals surface area (Å²) in [6, 6.07) is 8.76. The third-order valence-electron chi connectivity index (χ3n) is 4.75. The van der Waals surface area contributed by atoms with Crippen molar-refractivity contribution in [3.63, 3.8) is 0 Å². The lowest BCUT2D eigenvalue weighted by molar-refractivity contribution is 0.153. The van der Waals surface area contributed by atoms with Gasteiger partial charge in [0, 0.05) is 5.92 Å². The highest BCUT2D eigenvalue weighted by Gasteiger charge is 2.44. The number of aliphatic hydroxyl groups excluding tert-OH is 1. The maximum Gasteiger partial charge on any atom is 0.0502 e. The molecule has 16 heavy (non-hydrogen) atoms. The lowest BCUT2D eigenvalue weighted by Crippen LogP contribution is -2.26. The largest absolute Gasteiger partial charge is 0.396 e. The van der Waals surface area contributed by atoms with Gasteiger partial charge in [0.25, 0.3) is 0 Å². The summed E-state index contributed by atoms with van der Waals surface area (Å²) >= 11 is 0. The Hall–Kier alpha value is -0.820. The summed E-state index contributed by atoms with van der Waals surface area (Å²) in [6.45, 7) is 2.69. The van der Waals surface area contributed by atoms with Crippen LogP contribution in [-0.4, -0.2) is 11.7 Å². The Morgan fingerprint density at radius 3 is 2.69 bits per heavy atom. The molecule has 1 nitrogen and oxygen atoms in total. The first kappa shape index (κ1) is 10.3. The molecule has 86 valence electrons. The molecule has 4 atom stereocenters. The summed E-state index contributed by atoms with van der Waals surface area (Å²) in [4.78, 5) is 0. The number of hydrogen-bond donors (Lipinski definition) is 1. The Labute approximate surface area is 97.5 Å². The first-order chi connectivity index (χ1) is 7.83. The average Bonchev–Trinajstić information content (AvgIpc) is 2.65. The zero-order chi connectivity index (χ0) is 11.1. The molecule has 0 spiro atoms. The van der Waals surface area contributed by atoms with Crippen molar-refractivity contribution in [3.05, 3.63) is 35.4 Å². The maximum atomic E-state index is 9.67. The van der Waals surface area contributed by atoms with Crippen LogP contribution in [0.3, 0.4) is 0 Å². The molecule has 0 amide bonds. The Kier molecular flexibility index (Phi) is 2.51. The molecule has 1 heteroatoms. The number of aliphatic hydroxyl groups is 1. The molecule has 0 radical (unpaired) electrons. The summed E-state index contributed by atoms with van der Waals surface area (Å²) in [6.07, 6.45) is 4.02. The Bertz CT molecular complexity index is 360. The summed E-state index contributed by atoms with van der Waals surface area (Å²) in [5.41, 5.74) is 2.95. The predicted molar refractivity (Wildman–Crippen MR) is 65.5 cm³/mol. The molecule has 0 heterocycles. The average molecular weight is 216 g/mol. The minimum Gasteiger partial charge on any atom is -0.396 e. The van der Waals surface area contributed by atoms with Gasteiger partial charge in [-0.3, -0.25) is 0 Å². The van der Waals surface area contributed by atoms with Crippen LogP contribution in [-0.2, 0) is 0 Å². The number of hydrogen-bond acceptors (Lipinski definition) is 1. The Morgan fingerprint density at radius 2 is 1.94 bits per heavy atom. The van der Waals surface area contributed by atoms with Gasteiger partial charge in [0.05, 0.1) is 6.61 Å². The zero-order valence-electron chi connectivity index (χ0n) is 9.89. The van der Waals surface area contributed by atoms with Gasteiger partial charge >= 0.3 is 0 Å². The van der Waals surface area contributed by atoms with Crippen molar-refractivity contribution in [2.75, 3.05) is 6.61 Å². The minimum absolute atomic E-state index is 0.322. The summed E-state index contributed by atoms with van der Waals surface area (Å²) in [7, 11) is 0. The molecule has 0 bridgehead atoms. The van der Waals surface area contributed by atoms with Crippen molar-refractivity contribution in [2.45, 2.75) is 38.0 Å². The van der Waals surface area contributed by atoms with Crippen molar-refractivity contribution in [1.29, 1.82) is 0 Å². The van der Waals surface area contributed by atoms with Crippen LogP contribution in [0.4, 0.5) is 0 Å². The first-order valence-electron chi connectivity index (χ1n) is 6.52. The molecule has 4 unspecified atom stereocenters. The minimum atomic E-state index is 0.322. The number of rotatable bonds is 1. The molecule has 2 aliphatic carbocycles. The van der Waals surface area contributed by atoms with Crippen molar-refractivity contribution in [3.8, 4) is 0 Å². The Balaban J connectivity index is 2.06. The quantitative estimate of drug-likeness (QED) is 0.763. The highest BCUT2D eigenvalue weighted by Crippen LogP contribution is 2.54. The molecule has 0 saturated heterocycles. The molecule has 1 N–H and O–H groups in total. The topological polar surface area (TPSA) is 20.2 Å². The summed E-state index contributed by atoms with van der Waals surface area (Å²) < 4.78 is 0. The molecule has 0 aromatic heterocycles. The third-order valence-corrected chi connectivity index (χ3v) is 4.75. The molecule has 1 fully saturated rings. The fourth-order valence-corrected chi connectivity index (χ4v) is 4.09. The van der Waals surface area contributed by atoms with Crippen molar-refractivity contribution in [2.24, 2.45) is 11.8 Å². The van der Waals surface area contributed by atoms with E-state index in [1.165, 1.54) is 30.4 Å². The van der Waals surface area contributed by atoms with E-state index >= 15 is 0 Å². The van der Waals surface area contributed by atoms with E-state index in [1.54, 1.807) is 0 Å². The van der Waals surface area contributed by atoms with Crippen molar-refractivity contribution >= 4 is 0 Å². The van der Waals surface area contributed by atoms with Gasteiger partial charge in [0.15, 0.2) is 0 Å². The summed E-state index contributed by atoms with van der Waals surface area (Å²) in [5.74, 6) is 2.58. The second-order valence-electron chi connectivity index (χ2n) is 5.51. The SMILES string of the molecule is CC1CCCC2c3ccccc3C(CO)C12. The zero-order valence-corrected chi connectivity index (χ0v) is 9.89. The van der Waals surface area contributed by atoms with Gasteiger partial charge in [-0.15, -0.1) is 0 Å². The molecule has 3 rings (SSSR count). The second kappa shape index (κ2) is 3.89. The molecular weight excluding hydrogens is 196 g/mol. The monoisotopic (exact) mass is 216 g/mol. The van der Waals surface area contributed by atoms with E-state index < -0.39 is 0 Å². The fourth-order valence-electron chi connectivity index (χ4n) is 4.09. The van der Waals surface area contributed by atoms with Gasteiger partial charge in [-0.05, 0) is 35.3 Å². The predicted octanol–water partition coefficient (Wildman–Crippen LogP) is 3.30. The van der Waals surface area contributed by atoms with E-state index in [1.807, 2.05) is 0 Å². The van der Waals surface area contributed by atoms with Gasteiger partial charge < -0.3 is 5.11 Å². The van der Waals surface area contributed by atoms with Gasteiger partial charge in [0.1, 0.15) is 0 Å². The van der Waals surface area contributed by atoms with Gasteiger partial charge in [-0.1, -0.05) is 44.0 Å². The Morgan fingerprint density at radius 1 is 1.19 bits per heavy atom. The van der Waals surface area contributed by atoms with Crippen LogP contribution in [0, 0.1) is 11.8 Å². The van der Waals surface area contributed by atoms with Gasteiger partial charge in [-0.2, -0.15) is 0 Å². The van der Waals surface area contributed by atoms with E-state index in [0.717, 1.165) is 11.8 Å². The maximum absolute atomic E-state index is 9.67. The van der Waals surface area contributed by atoms with Crippen LogP contribution in [0.1, 0.15) is 49.1 Å². The molecule has 1 aromatic rings. The number of benzene rings is 1.